The van der Waals surface area contributed by atoms with Gasteiger partial charge in [0.25, 0.3) is 0 Å². The molecule has 158 valence electrons. The summed E-state index contributed by atoms with van der Waals surface area (Å²) >= 11 is 4.95. The van der Waals surface area contributed by atoms with E-state index in [1.165, 1.54) is 23.5 Å². The second kappa shape index (κ2) is 10.9. The van der Waals surface area contributed by atoms with E-state index in [0.29, 0.717) is 37.9 Å². The molecule has 2 N–H and O–H groups in total. The highest BCUT2D eigenvalue weighted by Crippen LogP contribution is 2.27. The molecule has 0 radical (unpaired) electrons. The number of nitrogens with one attached hydrogen (secondary N) is 1. The van der Waals surface area contributed by atoms with E-state index in [4.69, 9.17) is 5.21 Å². The van der Waals surface area contributed by atoms with Gasteiger partial charge in [0.2, 0.25) is 11.8 Å². The van der Waals surface area contributed by atoms with Gasteiger partial charge in [-0.3, -0.25) is 14.8 Å². The standard InChI is InChI=1S/C19H23BrN2O5S2/c1-29(26,27)16-10-7-14(8-11-16)22(13-15-9-12-17(20)28-15)19(24)6-4-2-3-5-18(23)21-25/h7-12,25H,2-6,13H2,1H3,(H,21,23). The van der Waals surface area contributed by atoms with Crippen molar-refractivity contribution in [2.45, 2.75) is 43.5 Å². The Bertz CT molecular complexity index is 942. The zero-order chi connectivity index (χ0) is 21.4. The lowest BCUT2D eigenvalue weighted by Gasteiger charge is -2.22. The molecule has 2 aromatic rings. The van der Waals surface area contributed by atoms with Crippen LogP contribution in [0.4, 0.5) is 5.69 Å². The Morgan fingerprint density at radius 3 is 2.28 bits per heavy atom. The van der Waals surface area contributed by atoms with Crippen LogP contribution in [0.3, 0.4) is 0 Å². The van der Waals surface area contributed by atoms with Crippen LogP contribution in [0.2, 0.25) is 0 Å². The van der Waals surface area contributed by atoms with Gasteiger partial charge in [0.05, 0.1) is 15.2 Å². The molecule has 10 heteroatoms. The summed E-state index contributed by atoms with van der Waals surface area (Å²) < 4.78 is 24.3. The number of rotatable bonds is 10. The normalized spacial score (nSPS) is 11.3. The first kappa shape index (κ1) is 23.5. The van der Waals surface area contributed by atoms with Gasteiger partial charge in [0.15, 0.2) is 9.84 Å². The number of hydrogen-bond acceptors (Lipinski definition) is 6. The molecule has 0 fully saturated rings. The number of carbonyl (C=O) groups is 2. The number of thiophene rings is 1. The van der Waals surface area contributed by atoms with Crippen LogP contribution in [0.25, 0.3) is 0 Å². The summed E-state index contributed by atoms with van der Waals surface area (Å²) in [6.45, 7) is 0.389. The molecule has 0 aliphatic rings. The fourth-order valence-electron chi connectivity index (χ4n) is 2.72. The molecule has 0 spiro atoms. The molecule has 2 amide bonds. The van der Waals surface area contributed by atoms with Gasteiger partial charge < -0.3 is 4.90 Å². The average Bonchev–Trinajstić information content (AvgIpc) is 3.09. The number of unbranched alkanes of at least 4 members (excludes halogenated alkanes) is 2. The average molecular weight is 503 g/mol. The number of carbonyl (C=O) groups excluding carboxylic acids is 2. The van der Waals surface area contributed by atoms with Gasteiger partial charge in [0.1, 0.15) is 0 Å². The van der Waals surface area contributed by atoms with Crippen LogP contribution < -0.4 is 10.4 Å². The third kappa shape index (κ3) is 7.54. The lowest BCUT2D eigenvalue weighted by atomic mass is 10.1. The van der Waals surface area contributed by atoms with Gasteiger partial charge in [-0.15, -0.1) is 11.3 Å². The molecule has 0 atom stereocenters. The molecule has 1 aromatic heterocycles. The highest BCUT2D eigenvalue weighted by molar-refractivity contribution is 9.11. The smallest absolute Gasteiger partial charge is 0.243 e. The summed E-state index contributed by atoms with van der Waals surface area (Å²) in [7, 11) is -3.31. The van der Waals surface area contributed by atoms with E-state index in [0.717, 1.165) is 14.9 Å². The van der Waals surface area contributed by atoms with E-state index in [1.807, 2.05) is 12.1 Å². The van der Waals surface area contributed by atoms with Crippen LogP contribution in [0.15, 0.2) is 45.1 Å². The van der Waals surface area contributed by atoms with Crippen molar-refractivity contribution in [2.75, 3.05) is 11.2 Å². The summed E-state index contributed by atoms with van der Waals surface area (Å²) in [4.78, 5) is 26.7. The van der Waals surface area contributed by atoms with Crippen LogP contribution in [-0.4, -0.2) is 31.7 Å². The highest BCUT2D eigenvalue weighted by atomic mass is 79.9. The molecular weight excluding hydrogens is 480 g/mol. The zero-order valence-electron chi connectivity index (χ0n) is 15.9. The van der Waals surface area contributed by atoms with E-state index in [-0.39, 0.29) is 17.2 Å². The minimum Gasteiger partial charge on any atom is -0.307 e. The number of benzene rings is 1. The van der Waals surface area contributed by atoms with E-state index < -0.39 is 15.7 Å². The second-order valence-corrected chi connectivity index (χ2v) is 11.1. The lowest BCUT2D eigenvalue weighted by Crippen LogP contribution is -2.29. The van der Waals surface area contributed by atoms with Crippen LogP contribution in [0, 0.1) is 0 Å². The molecule has 0 bridgehead atoms. The second-order valence-electron chi connectivity index (χ2n) is 6.55. The quantitative estimate of drug-likeness (QED) is 0.291. The highest BCUT2D eigenvalue weighted by Gasteiger charge is 2.18. The maximum atomic E-state index is 12.9. The Labute approximate surface area is 182 Å². The first-order valence-corrected chi connectivity index (χ1v) is 12.5. The molecule has 29 heavy (non-hydrogen) atoms. The number of halogens is 1. The first-order valence-electron chi connectivity index (χ1n) is 8.98. The first-order chi connectivity index (χ1) is 13.7. The molecule has 1 aromatic carbocycles. The Morgan fingerprint density at radius 2 is 1.72 bits per heavy atom. The van der Waals surface area contributed by atoms with Gasteiger partial charge in [-0.2, -0.15) is 0 Å². The van der Waals surface area contributed by atoms with E-state index in [9.17, 15) is 18.0 Å². The van der Waals surface area contributed by atoms with Crippen molar-refractivity contribution in [3.8, 4) is 0 Å². The Hall–Kier alpha value is -1.75. The van der Waals surface area contributed by atoms with Gasteiger partial charge in [0, 0.05) is 29.7 Å². The number of nitrogens with zero attached hydrogens (tertiary/aromatic N) is 1. The SMILES string of the molecule is CS(=O)(=O)c1ccc(N(Cc2ccc(Br)s2)C(=O)CCCCCC(=O)NO)cc1. The van der Waals surface area contributed by atoms with Crippen molar-refractivity contribution in [1.82, 2.24) is 5.48 Å². The molecule has 0 unspecified atom stereocenters. The van der Waals surface area contributed by atoms with E-state index in [2.05, 4.69) is 15.9 Å². The summed E-state index contributed by atoms with van der Waals surface area (Å²) in [5.41, 5.74) is 2.22. The van der Waals surface area contributed by atoms with Crippen molar-refractivity contribution < 1.29 is 23.2 Å². The van der Waals surface area contributed by atoms with Crippen molar-refractivity contribution in [1.29, 1.82) is 0 Å². The number of hydroxylamine groups is 1. The van der Waals surface area contributed by atoms with Crippen molar-refractivity contribution >= 4 is 54.6 Å². The largest absolute Gasteiger partial charge is 0.307 e. The zero-order valence-corrected chi connectivity index (χ0v) is 19.1. The molecule has 0 aliphatic carbocycles. The third-order valence-electron chi connectivity index (χ3n) is 4.24. The Morgan fingerprint density at radius 1 is 1.07 bits per heavy atom. The van der Waals surface area contributed by atoms with Crippen molar-refractivity contribution in [2.24, 2.45) is 0 Å². The predicted octanol–water partition coefficient (Wildman–Crippen LogP) is 3.90. The fourth-order valence-corrected chi connectivity index (χ4v) is 4.82. The molecule has 2 rings (SSSR count). The van der Waals surface area contributed by atoms with Crippen LogP contribution in [-0.2, 0) is 26.0 Å². The maximum Gasteiger partial charge on any atom is 0.243 e. The van der Waals surface area contributed by atoms with E-state index in [1.54, 1.807) is 22.5 Å². The summed E-state index contributed by atoms with van der Waals surface area (Å²) in [6, 6.07) is 10.1. The van der Waals surface area contributed by atoms with Gasteiger partial charge in [-0.1, -0.05) is 6.42 Å². The van der Waals surface area contributed by atoms with Crippen molar-refractivity contribution in [3.05, 3.63) is 45.1 Å². The number of sulfone groups is 1. The van der Waals surface area contributed by atoms with Gasteiger partial charge >= 0.3 is 0 Å². The molecule has 1 heterocycles. The van der Waals surface area contributed by atoms with Crippen LogP contribution in [0.1, 0.15) is 37.0 Å². The molecule has 0 saturated heterocycles. The predicted molar refractivity (Wildman–Crippen MR) is 116 cm³/mol. The molecule has 0 saturated carbocycles. The third-order valence-corrected chi connectivity index (χ3v) is 6.98. The van der Waals surface area contributed by atoms with Gasteiger partial charge in [-0.25, -0.2) is 13.9 Å². The van der Waals surface area contributed by atoms with E-state index >= 15 is 0 Å². The summed E-state index contributed by atoms with van der Waals surface area (Å²) in [5, 5.41) is 8.49. The van der Waals surface area contributed by atoms with Crippen LogP contribution >= 0.6 is 27.3 Å². The van der Waals surface area contributed by atoms with Crippen LogP contribution in [0.5, 0.6) is 0 Å². The topological polar surface area (TPSA) is 104 Å². The summed E-state index contributed by atoms with van der Waals surface area (Å²) in [5.74, 6) is -0.513. The van der Waals surface area contributed by atoms with Gasteiger partial charge in [-0.05, 0) is 65.2 Å². The minimum absolute atomic E-state index is 0.0757. The van der Waals surface area contributed by atoms with Crippen molar-refractivity contribution in [3.63, 3.8) is 0 Å². The number of anilines is 1. The molecular formula is C19H23BrN2O5S2. The maximum absolute atomic E-state index is 12.9. The number of amides is 2. The fraction of sp³-hybridized carbons (Fsp3) is 0.368. The minimum atomic E-state index is -3.31. The Kier molecular flexibility index (Phi) is 8.81. The Balaban J connectivity index is 2.08. The monoisotopic (exact) mass is 502 g/mol. The lowest BCUT2D eigenvalue weighted by molar-refractivity contribution is -0.129. The number of hydrogen-bond donors (Lipinski definition) is 2. The molecule has 7 nitrogen and oxygen atoms in total. The molecule has 0 aliphatic heterocycles. The summed E-state index contributed by atoms with van der Waals surface area (Å²) in [6.07, 6.45) is 3.55.